The Bertz CT molecular complexity index is 2860. The summed E-state index contributed by atoms with van der Waals surface area (Å²) in [6.07, 6.45) is 0. The molecule has 48 heavy (non-hydrogen) atoms. The van der Waals surface area contributed by atoms with Gasteiger partial charge in [0.1, 0.15) is 11.2 Å². The standard InChI is InChI=1S/C45H29NOS/c1-28-11-9-20-41-43(28)39-27-40(35-18-7-8-19-37(35)44(39)47-41)46(32-16-10-15-31(25-32)29-12-3-2-4-13-29)33-22-24-36-38-23-21-30-14-5-6-17-34(30)45(38)48-42(36)26-33/h2-27H,1H3. The molecule has 3 heteroatoms. The summed E-state index contributed by atoms with van der Waals surface area (Å²) in [7, 11) is 0. The molecule has 0 atom stereocenters. The van der Waals surface area contributed by atoms with E-state index in [2.05, 4.69) is 170 Å². The Balaban J connectivity index is 1.28. The maximum atomic E-state index is 6.58. The van der Waals surface area contributed by atoms with Crippen LogP contribution in [0, 0.1) is 6.92 Å². The minimum Gasteiger partial charge on any atom is -0.455 e. The maximum Gasteiger partial charge on any atom is 0.143 e. The van der Waals surface area contributed by atoms with E-state index in [1.54, 1.807) is 0 Å². The predicted molar refractivity (Wildman–Crippen MR) is 206 cm³/mol. The van der Waals surface area contributed by atoms with Crippen molar-refractivity contribution in [1.29, 1.82) is 0 Å². The lowest BCUT2D eigenvalue weighted by Crippen LogP contribution is -2.10. The van der Waals surface area contributed by atoms with Crippen molar-refractivity contribution in [2.24, 2.45) is 0 Å². The highest BCUT2D eigenvalue weighted by Gasteiger charge is 2.22. The van der Waals surface area contributed by atoms with Crippen LogP contribution in [0.4, 0.5) is 17.1 Å². The molecule has 0 bridgehead atoms. The average Bonchev–Trinajstić information content (AvgIpc) is 3.72. The molecule has 2 aromatic heterocycles. The van der Waals surface area contributed by atoms with Crippen LogP contribution in [0.25, 0.3) is 74.8 Å². The Labute approximate surface area is 281 Å². The van der Waals surface area contributed by atoms with E-state index in [0.29, 0.717) is 0 Å². The Morgan fingerprint density at radius 3 is 2.12 bits per heavy atom. The largest absolute Gasteiger partial charge is 0.455 e. The molecule has 0 aliphatic carbocycles. The van der Waals surface area contributed by atoms with Gasteiger partial charge in [0, 0.05) is 53.1 Å². The van der Waals surface area contributed by atoms with E-state index in [1.807, 2.05) is 11.3 Å². The fourth-order valence-electron chi connectivity index (χ4n) is 7.51. The van der Waals surface area contributed by atoms with Crippen molar-refractivity contribution in [2.75, 3.05) is 4.90 Å². The molecular weight excluding hydrogens is 603 g/mol. The van der Waals surface area contributed by atoms with Crippen LogP contribution in [0.3, 0.4) is 0 Å². The van der Waals surface area contributed by atoms with Crippen LogP contribution in [-0.4, -0.2) is 0 Å². The molecule has 0 saturated carbocycles. The summed E-state index contributed by atoms with van der Waals surface area (Å²) in [6, 6.07) is 57.1. The molecule has 10 rings (SSSR count). The number of nitrogens with zero attached hydrogens (tertiary/aromatic N) is 1. The fourth-order valence-corrected chi connectivity index (χ4v) is 8.78. The number of fused-ring (bicyclic) bond motifs is 10. The predicted octanol–water partition coefficient (Wildman–Crippen LogP) is 13.7. The SMILES string of the molecule is Cc1cccc2oc3c4ccccc4c(N(c4cccc(-c5ccccc5)c4)c4ccc5c(c4)sc4c6ccccc6ccc54)cc3c12. The first-order valence-electron chi connectivity index (χ1n) is 16.3. The minimum atomic E-state index is 0.920. The van der Waals surface area contributed by atoms with Crippen LogP contribution >= 0.6 is 11.3 Å². The topological polar surface area (TPSA) is 16.4 Å². The van der Waals surface area contributed by atoms with Crippen LogP contribution < -0.4 is 4.90 Å². The number of benzene rings is 8. The number of thiophene rings is 1. The monoisotopic (exact) mass is 631 g/mol. The van der Waals surface area contributed by atoms with Crippen molar-refractivity contribution in [2.45, 2.75) is 6.92 Å². The van der Waals surface area contributed by atoms with Gasteiger partial charge in [-0.05, 0) is 70.8 Å². The third-order valence-electron chi connectivity index (χ3n) is 9.75. The molecule has 0 spiro atoms. The van der Waals surface area contributed by atoms with E-state index >= 15 is 0 Å². The summed E-state index contributed by atoms with van der Waals surface area (Å²) in [5.74, 6) is 0. The summed E-state index contributed by atoms with van der Waals surface area (Å²) >= 11 is 1.88. The van der Waals surface area contributed by atoms with Crippen LogP contribution in [0.1, 0.15) is 5.56 Å². The maximum absolute atomic E-state index is 6.58. The van der Waals surface area contributed by atoms with Crippen molar-refractivity contribution in [3.63, 3.8) is 0 Å². The average molecular weight is 632 g/mol. The highest BCUT2D eigenvalue weighted by atomic mass is 32.1. The first-order valence-corrected chi connectivity index (χ1v) is 17.2. The first-order chi connectivity index (χ1) is 23.7. The van der Waals surface area contributed by atoms with E-state index in [1.165, 1.54) is 53.0 Å². The third kappa shape index (κ3) is 4.11. The number of rotatable bonds is 4. The molecule has 0 amide bonds. The quantitative estimate of drug-likeness (QED) is 0.192. The smallest absolute Gasteiger partial charge is 0.143 e. The van der Waals surface area contributed by atoms with E-state index in [-0.39, 0.29) is 0 Å². The molecule has 10 aromatic rings. The summed E-state index contributed by atoms with van der Waals surface area (Å²) in [6.45, 7) is 2.17. The molecule has 2 nitrogen and oxygen atoms in total. The minimum absolute atomic E-state index is 0.920. The summed E-state index contributed by atoms with van der Waals surface area (Å²) in [5, 5.41) is 9.75. The molecular formula is C45H29NOS. The van der Waals surface area contributed by atoms with Gasteiger partial charge in [0.15, 0.2) is 0 Å². The molecule has 2 heterocycles. The van der Waals surface area contributed by atoms with Gasteiger partial charge in [-0.15, -0.1) is 11.3 Å². The molecule has 0 radical (unpaired) electrons. The summed E-state index contributed by atoms with van der Waals surface area (Å²) in [5.41, 5.74) is 8.80. The number of hydrogen-bond acceptors (Lipinski definition) is 3. The zero-order valence-corrected chi connectivity index (χ0v) is 27.1. The van der Waals surface area contributed by atoms with Crippen LogP contribution in [-0.2, 0) is 0 Å². The molecule has 226 valence electrons. The number of aryl methyl sites for hydroxylation is 1. The second-order valence-corrected chi connectivity index (χ2v) is 13.6. The van der Waals surface area contributed by atoms with Gasteiger partial charge >= 0.3 is 0 Å². The lowest BCUT2D eigenvalue weighted by molar-refractivity contribution is 0.672. The highest BCUT2D eigenvalue weighted by molar-refractivity contribution is 7.26. The van der Waals surface area contributed by atoms with Crippen molar-refractivity contribution >= 4 is 92.1 Å². The number of anilines is 3. The van der Waals surface area contributed by atoms with Crippen LogP contribution in [0.5, 0.6) is 0 Å². The third-order valence-corrected chi connectivity index (χ3v) is 10.9. The van der Waals surface area contributed by atoms with Gasteiger partial charge < -0.3 is 9.32 Å². The van der Waals surface area contributed by atoms with E-state index in [9.17, 15) is 0 Å². The van der Waals surface area contributed by atoms with Crippen LogP contribution in [0.15, 0.2) is 162 Å². The van der Waals surface area contributed by atoms with Crippen LogP contribution in [0.2, 0.25) is 0 Å². The molecule has 0 saturated heterocycles. The molecule has 0 unspecified atom stereocenters. The Kier molecular flexibility index (Phi) is 5.99. The van der Waals surface area contributed by atoms with Gasteiger partial charge in [0.05, 0.1) is 5.69 Å². The Morgan fingerprint density at radius 1 is 0.500 bits per heavy atom. The normalized spacial score (nSPS) is 11.9. The highest BCUT2D eigenvalue weighted by Crippen LogP contribution is 2.47. The molecule has 0 fully saturated rings. The molecule has 0 aliphatic heterocycles. The second-order valence-electron chi connectivity index (χ2n) is 12.6. The number of furan rings is 1. The zero-order chi connectivity index (χ0) is 31.8. The summed E-state index contributed by atoms with van der Waals surface area (Å²) in [4.78, 5) is 2.44. The second kappa shape index (κ2) is 10.6. The van der Waals surface area contributed by atoms with Gasteiger partial charge in [-0.2, -0.15) is 0 Å². The fraction of sp³-hybridized carbons (Fsp3) is 0.0222. The lowest BCUT2D eigenvalue weighted by atomic mass is 9.99. The first kappa shape index (κ1) is 27.2. The molecule has 0 N–H and O–H groups in total. The van der Waals surface area contributed by atoms with Crippen molar-refractivity contribution in [3.8, 4) is 11.1 Å². The molecule has 8 aromatic carbocycles. The van der Waals surface area contributed by atoms with E-state index in [4.69, 9.17) is 4.42 Å². The van der Waals surface area contributed by atoms with Gasteiger partial charge in [-0.1, -0.05) is 121 Å². The Morgan fingerprint density at radius 2 is 1.23 bits per heavy atom. The lowest BCUT2D eigenvalue weighted by Gasteiger charge is -2.27. The van der Waals surface area contributed by atoms with E-state index in [0.717, 1.165) is 44.4 Å². The Hall–Kier alpha value is -5.90. The van der Waals surface area contributed by atoms with Crippen molar-refractivity contribution < 1.29 is 4.42 Å². The molecule has 0 aliphatic rings. The van der Waals surface area contributed by atoms with Gasteiger partial charge in [0.2, 0.25) is 0 Å². The van der Waals surface area contributed by atoms with Gasteiger partial charge in [-0.25, -0.2) is 0 Å². The number of hydrogen-bond donors (Lipinski definition) is 0. The van der Waals surface area contributed by atoms with Gasteiger partial charge in [-0.3, -0.25) is 0 Å². The van der Waals surface area contributed by atoms with Crippen molar-refractivity contribution in [3.05, 3.63) is 163 Å². The van der Waals surface area contributed by atoms with Gasteiger partial charge in [0.25, 0.3) is 0 Å². The summed E-state index contributed by atoms with van der Waals surface area (Å²) < 4.78 is 9.19. The van der Waals surface area contributed by atoms with E-state index < -0.39 is 0 Å². The van der Waals surface area contributed by atoms with Crippen molar-refractivity contribution in [1.82, 2.24) is 0 Å². The zero-order valence-electron chi connectivity index (χ0n) is 26.3.